The van der Waals surface area contributed by atoms with E-state index in [9.17, 15) is 9.59 Å². The van der Waals surface area contributed by atoms with Crippen LogP contribution in [0, 0.1) is 3.57 Å². The lowest BCUT2D eigenvalue weighted by atomic mass is 9.87. The number of rotatable bonds is 5. The highest BCUT2D eigenvalue weighted by Crippen LogP contribution is 2.28. The van der Waals surface area contributed by atoms with Crippen LogP contribution >= 0.6 is 22.6 Å². The fourth-order valence-corrected chi connectivity index (χ4v) is 4.50. The van der Waals surface area contributed by atoms with Crippen molar-refractivity contribution in [1.29, 1.82) is 0 Å². The predicted molar refractivity (Wildman–Crippen MR) is 131 cm³/mol. The number of ether oxygens (including phenoxy) is 1. The third kappa shape index (κ3) is 6.12. The maximum Gasteiger partial charge on any atom is 0.405 e. The van der Waals surface area contributed by atoms with E-state index < -0.39 is 12.2 Å². The Kier molecular flexibility index (Phi) is 7.46. The molecule has 1 heterocycles. The quantitative estimate of drug-likeness (QED) is 0.574. The largest absolute Gasteiger partial charge is 0.441 e. The van der Waals surface area contributed by atoms with Crippen LogP contribution in [-0.2, 0) is 14.9 Å². The number of nitrogens with two attached hydrogens (primary N) is 1. The van der Waals surface area contributed by atoms with Crippen molar-refractivity contribution in [3.8, 4) is 0 Å². The number of hydrogen-bond donors (Lipinski definition) is 1. The molecule has 0 aliphatic carbocycles. The number of carbonyl (C=O) groups is 2. The average Bonchev–Trinajstić information content (AvgIpc) is 2.73. The minimum atomic E-state index is -0.874. The molecule has 1 unspecified atom stereocenters. The molecule has 2 aromatic rings. The van der Waals surface area contributed by atoms with Crippen molar-refractivity contribution >= 4 is 40.3 Å². The smallest absolute Gasteiger partial charge is 0.405 e. The molecule has 2 aromatic carbocycles. The topological polar surface area (TPSA) is 75.9 Å². The van der Waals surface area contributed by atoms with Crippen LogP contribution in [0.4, 0.5) is 10.5 Å². The summed E-state index contributed by atoms with van der Waals surface area (Å²) in [4.78, 5) is 28.5. The van der Waals surface area contributed by atoms with E-state index in [2.05, 4.69) is 72.5 Å². The van der Waals surface area contributed by atoms with E-state index >= 15 is 0 Å². The number of amides is 2. The number of nitrogens with zero attached hydrogens (tertiary/aromatic N) is 2. The second-order valence-corrected chi connectivity index (χ2v) is 9.98. The molecule has 2 amide bonds. The van der Waals surface area contributed by atoms with Crippen LogP contribution in [0.1, 0.15) is 44.4 Å². The third-order valence-corrected chi connectivity index (χ3v) is 6.58. The van der Waals surface area contributed by atoms with Crippen LogP contribution in [0.5, 0.6) is 0 Å². The highest BCUT2D eigenvalue weighted by Gasteiger charge is 2.27. The number of carbonyl (C=O) groups excluding carboxylic acids is 2. The molecule has 1 aliphatic rings. The first-order valence-corrected chi connectivity index (χ1v) is 11.6. The van der Waals surface area contributed by atoms with Gasteiger partial charge in [-0.3, -0.25) is 4.79 Å². The Hall–Kier alpha value is -2.29. The lowest BCUT2D eigenvalue weighted by molar-refractivity contribution is -0.133. The van der Waals surface area contributed by atoms with E-state index in [0.29, 0.717) is 13.1 Å². The predicted octanol–water partition coefficient (Wildman–Crippen LogP) is 4.46. The number of benzene rings is 2. The van der Waals surface area contributed by atoms with Crippen molar-refractivity contribution in [3.63, 3.8) is 0 Å². The second kappa shape index (κ2) is 9.89. The van der Waals surface area contributed by atoms with Gasteiger partial charge in [-0.15, -0.1) is 0 Å². The van der Waals surface area contributed by atoms with Crippen molar-refractivity contribution in [2.45, 2.75) is 38.7 Å². The monoisotopic (exact) mass is 535 g/mol. The highest BCUT2D eigenvalue weighted by molar-refractivity contribution is 14.1. The molecule has 2 N–H and O–H groups in total. The fourth-order valence-electron chi connectivity index (χ4n) is 3.77. The van der Waals surface area contributed by atoms with Crippen LogP contribution in [0.15, 0.2) is 48.5 Å². The van der Waals surface area contributed by atoms with Gasteiger partial charge < -0.3 is 20.3 Å². The minimum Gasteiger partial charge on any atom is -0.441 e. The zero-order valence-electron chi connectivity index (χ0n) is 18.3. The molecule has 0 bridgehead atoms. The second-order valence-electron chi connectivity index (χ2n) is 8.82. The lowest BCUT2D eigenvalue weighted by Crippen LogP contribution is -2.49. The van der Waals surface area contributed by atoms with Crippen LogP contribution in [0.2, 0.25) is 0 Å². The maximum absolute atomic E-state index is 12.9. The van der Waals surface area contributed by atoms with E-state index in [1.807, 2.05) is 29.2 Å². The van der Waals surface area contributed by atoms with Crippen molar-refractivity contribution < 1.29 is 14.3 Å². The molecule has 0 aromatic heterocycles. The zero-order valence-corrected chi connectivity index (χ0v) is 20.5. The molecule has 6 nitrogen and oxygen atoms in total. The van der Waals surface area contributed by atoms with E-state index in [4.69, 9.17) is 10.5 Å². The molecule has 1 atom stereocenters. The summed E-state index contributed by atoms with van der Waals surface area (Å²) in [6.45, 7) is 9.42. The number of hydrogen-bond acceptors (Lipinski definition) is 4. The Bertz CT molecular complexity index is 916. The molecule has 0 saturated carbocycles. The Morgan fingerprint density at radius 3 is 2.19 bits per heavy atom. The summed E-state index contributed by atoms with van der Waals surface area (Å²) in [6, 6.07) is 16.2. The van der Waals surface area contributed by atoms with Gasteiger partial charge in [-0.2, -0.15) is 0 Å². The van der Waals surface area contributed by atoms with Gasteiger partial charge in [0, 0.05) is 41.0 Å². The van der Waals surface area contributed by atoms with Crippen molar-refractivity contribution in [2.24, 2.45) is 5.73 Å². The molecule has 3 rings (SSSR count). The van der Waals surface area contributed by atoms with Crippen LogP contribution in [0.25, 0.3) is 0 Å². The minimum absolute atomic E-state index is 0.0337. The lowest BCUT2D eigenvalue weighted by Gasteiger charge is -2.37. The van der Waals surface area contributed by atoms with Crippen molar-refractivity contribution in [1.82, 2.24) is 4.90 Å². The summed E-state index contributed by atoms with van der Waals surface area (Å²) < 4.78 is 6.22. The van der Waals surface area contributed by atoms with Gasteiger partial charge in [-0.25, -0.2) is 4.79 Å². The summed E-state index contributed by atoms with van der Waals surface area (Å²) >= 11 is 2.18. The van der Waals surface area contributed by atoms with Gasteiger partial charge >= 0.3 is 6.09 Å². The molecule has 1 saturated heterocycles. The van der Waals surface area contributed by atoms with Crippen LogP contribution in [-0.4, -0.2) is 43.1 Å². The molecular weight excluding hydrogens is 505 g/mol. The summed E-state index contributed by atoms with van der Waals surface area (Å²) in [7, 11) is 0. The number of primary amides is 1. The normalized spacial score (nSPS) is 15.5. The van der Waals surface area contributed by atoms with Crippen LogP contribution < -0.4 is 10.6 Å². The van der Waals surface area contributed by atoms with Gasteiger partial charge in [0.15, 0.2) is 0 Å². The molecule has 31 heavy (non-hydrogen) atoms. The van der Waals surface area contributed by atoms with Crippen molar-refractivity contribution in [3.05, 3.63) is 63.2 Å². The molecule has 0 radical (unpaired) electrons. The molecular formula is C24H30IN3O3. The summed E-state index contributed by atoms with van der Waals surface area (Å²) in [5.41, 5.74) is 8.67. The molecule has 0 spiro atoms. The Balaban J connectivity index is 1.61. The Morgan fingerprint density at radius 1 is 1.03 bits per heavy atom. The van der Waals surface area contributed by atoms with Gasteiger partial charge in [0.05, 0.1) is 6.42 Å². The molecule has 1 fully saturated rings. The number of piperazine rings is 1. The van der Waals surface area contributed by atoms with Gasteiger partial charge in [0.25, 0.3) is 0 Å². The van der Waals surface area contributed by atoms with Crippen LogP contribution in [0.3, 0.4) is 0 Å². The SMILES string of the molecule is CC(C)(C)c1ccc(N2CCN(C(=O)CC(OC(N)=O)c3ccccc3I)CC2)cc1. The molecule has 7 heteroatoms. The van der Waals surface area contributed by atoms with Gasteiger partial charge in [-0.1, -0.05) is 51.1 Å². The molecule has 166 valence electrons. The van der Waals surface area contributed by atoms with E-state index in [-0.39, 0.29) is 17.7 Å². The first kappa shape index (κ1) is 23.4. The highest BCUT2D eigenvalue weighted by atomic mass is 127. The van der Waals surface area contributed by atoms with E-state index in [1.54, 1.807) is 0 Å². The van der Waals surface area contributed by atoms with Crippen molar-refractivity contribution in [2.75, 3.05) is 31.1 Å². The van der Waals surface area contributed by atoms with E-state index in [0.717, 1.165) is 22.2 Å². The molecule has 1 aliphatic heterocycles. The Morgan fingerprint density at radius 2 is 1.65 bits per heavy atom. The van der Waals surface area contributed by atoms with Gasteiger partial charge in [0.2, 0.25) is 5.91 Å². The number of halogens is 1. The Labute approximate surface area is 197 Å². The third-order valence-electron chi connectivity index (χ3n) is 5.60. The van der Waals surface area contributed by atoms with Gasteiger partial charge in [-0.05, 0) is 51.8 Å². The number of anilines is 1. The maximum atomic E-state index is 12.9. The summed E-state index contributed by atoms with van der Waals surface area (Å²) in [5, 5.41) is 0. The fraction of sp³-hybridized carbons (Fsp3) is 0.417. The first-order chi connectivity index (χ1) is 14.6. The first-order valence-electron chi connectivity index (χ1n) is 10.5. The summed E-state index contributed by atoms with van der Waals surface area (Å²) in [5.74, 6) is -0.0337. The van der Waals surface area contributed by atoms with Gasteiger partial charge in [0.1, 0.15) is 6.10 Å². The zero-order chi connectivity index (χ0) is 22.6. The van der Waals surface area contributed by atoms with E-state index in [1.165, 1.54) is 11.3 Å². The standard InChI is InChI=1S/C24H30IN3O3/c1-24(2,3)17-8-10-18(11-9-17)27-12-14-28(15-13-27)22(29)16-21(31-23(26)30)19-6-4-5-7-20(19)25/h4-11,21H,12-16H2,1-3H3,(H2,26,30). The average molecular weight is 535 g/mol. The summed E-state index contributed by atoms with van der Waals surface area (Å²) in [6.07, 6.45) is -1.47.